The predicted octanol–water partition coefficient (Wildman–Crippen LogP) is 1.25. The quantitative estimate of drug-likeness (QED) is 0.763. The molecule has 0 saturated heterocycles. The highest BCUT2D eigenvalue weighted by Gasteiger charge is 2.09. The first kappa shape index (κ1) is 11.0. The van der Waals surface area contributed by atoms with E-state index in [0.717, 1.165) is 16.7 Å². The Bertz CT molecular complexity index is 321. The van der Waals surface area contributed by atoms with Crippen LogP contribution < -0.4 is 0 Å². The zero-order valence-electron chi connectivity index (χ0n) is 8.91. The largest absolute Gasteiger partial charge is 0.508 e. The Kier molecular flexibility index (Phi) is 3.49. The monoisotopic (exact) mass is 195 g/mol. The molecular weight excluding hydrogens is 178 g/mol. The van der Waals surface area contributed by atoms with E-state index in [-0.39, 0.29) is 6.61 Å². The van der Waals surface area contributed by atoms with Crippen LogP contribution in [0.25, 0.3) is 0 Å². The molecule has 2 N–H and O–H groups in total. The minimum Gasteiger partial charge on any atom is -0.508 e. The van der Waals surface area contributed by atoms with E-state index >= 15 is 0 Å². The van der Waals surface area contributed by atoms with Crippen molar-refractivity contribution in [3.63, 3.8) is 0 Å². The highest BCUT2D eigenvalue weighted by molar-refractivity contribution is 5.43. The molecule has 0 fully saturated rings. The lowest BCUT2D eigenvalue weighted by Gasteiger charge is -2.15. The zero-order chi connectivity index (χ0) is 10.7. The summed E-state index contributed by atoms with van der Waals surface area (Å²) in [5, 5.41) is 18.7. The number of aliphatic hydroxyl groups excluding tert-OH is 1. The molecule has 0 saturated carbocycles. The van der Waals surface area contributed by atoms with Crippen molar-refractivity contribution in [2.24, 2.45) is 0 Å². The molecule has 0 unspecified atom stereocenters. The van der Waals surface area contributed by atoms with E-state index in [1.54, 1.807) is 12.1 Å². The molecule has 0 aliphatic rings. The molecule has 0 spiro atoms. The van der Waals surface area contributed by atoms with Gasteiger partial charge in [0.1, 0.15) is 5.75 Å². The number of aromatic hydroxyl groups is 1. The molecule has 1 aromatic carbocycles. The Morgan fingerprint density at radius 3 is 2.43 bits per heavy atom. The van der Waals surface area contributed by atoms with Crippen molar-refractivity contribution < 1.29 is 10.2 Å². The van der Waals surface area contributed by atoms with Gasteiger partial charge in [0.15, 0.2) is 0 Å². The van der Waals surface area contributed by atoms with Gasteiger partial charge in [-0.3, -0.25) is 0 Å². The summed E-state index contributed by atoms with van der Waals surface area (Å²) in [5.74, 6) is 0.299. The average molecular weight is 195 g/mol. The van der Waals surface area contributed by atoms with Gasteiger partial charge in [0.25, 0.3) is 0 Å². The molecular formula is C11H17NO2. The van der Waals surface area contributed by atoms with Gasteiger partial charge in [0, 0.05) is 12.1 Å². The van der Waals surface area contributed by atoms with Crippen LogP contribution in [0.4, 0.5) is 0 Å². The molecule has 78 valence electrons. The fourth-order valence-corrected chi connectivity index (χ4v) is 1.48. The molecule has 0 radical (unpaired) electrons. The molecule has 14 heavy (non-hydrogen) atoms. The lowest BCUT2D eigenvalue weighted by molar-refractivity contribution is 0.280. The lowest BCUT2D eigenvalue weighted by atomic mass is 10.0. The number of hydrogen-bond donors (Lipinski definition) is 2. The van der Waals surface area contributed by atoms with Crippen LogP contribution in [-0.2, 0) is 13.2 Å². The minimum absolute atomic E-state index is 0.0204. The van der Waals surface area contributed by atoms with Crippen LogP contribution >= 0.6 is 0 Å². The standard InChI is InChI=1S/C11H17NO2/c1-8-9(7-13)4-5-11(14)10(8)6-12(2)3/h4-5,13-14H,6-7H2,1-3H3. The van der Waals surface area contributed by atoms with Crippen molar-refractivity contribution in [2.75, 3.05) is 14.1 Å². The highest BCUT2D eigenvalue weighted by Crippen LogP contribution is 2.24. The first-order chi connectivity index (χ1) is 6.56. The average Bonchev–Trinajstić information content (AvgIpc) is 2.12. The van der Waals surface area contributed by atoms with Crippen molar-refractivity contribution in [2.45, 2.75) is 20.1 Å². The first-order valence-corrected chi connectivity index (χ1v) is 4.62. The molecule has 0 heterocycles. The second kappa shape index (κ2) is 4.44. The van der Waals surface area contributed by atoms with E-state index in [0.29, 0.717) is 12.3 Å². The highest BCUT2D eigenvalue weighted by atomic mass is 16.3. The van der Waals surface area contributed by atoms with Gasteiger partial charge in [-0.05, 0) is 38.2 Å². The van der Waals surface area contributed by atoms with Gasteiger partial charge >= 0.3 is 0 Å². The van der Waals surface area contributed by atoms with Crippen LogP contribution in [0.5, 0.6) is 5.75 Å². The first-order valence-electron chi connectivity index (χ1n) is 4.62. The Morgan fingerprint density at radius 1 is 1.29 bits per heavy atom. The summed E-state index contributed by atoms with van der Waals surface area (Å²) in [7, 11) is 3.90. The molecule has 0 aromatic heterocycles. The summed E-state index contributed by atoms with van der Waals surface area (Å²) in [5.41, 5.74) is 2.74. The predicted molar refractivity (Wildman–Crippen MR) is 56.2 cm³/mol. The van der Waals surface area contributed by atoms with E-state index in [2.05, 4.69) is 0 Å². The summed E-state index contributed by atoms with van der Waals surface area (Å²) in [6.07, 6.45) is 0. The second-order valence-electron chi connectivity index (χ2n) is 3.74. The number of phenolic OH excluding ortho intramolecular Hbond substituents is 1. The number of benzene rings is 1. The summed E-state index contributed by atoms with van der Waals surface area (Å²) >= 11 is 0. The summed E-state index contributed by atoms with van der Waals surface area (Å²) in [4.78, 5) is 1.99. The van der Waals surface area contributed by atoms with Crippen molar-refractivity contribution in [1.29, 1.82) is 0 Å². The van der Waals surface area contributed by atoms with Crippen LogP contribution in [0.1, 0.15) is 16.7 Å². The van der Waals surface area contributed by atoms with E-state index in [1.807, 2.05) is 25.9 Å². The van der Waals surface area contributed by atoms with Crippen molar-refractivity contribution in [1.82, 2.24) is 4.90 Å². The van der Waals surface area contributed by atoms with Gasteiger partial charge in [-0.25, -0.2) is 0 Å². The number of rotatable bonds is 3. The molecule has 0 aliphatic carbocycles. The molecule has 1 aromatic rings. The maximum atomic E-state index is 9.65. The third-order valence-corrected chi connectivity index (χ3v) is 2.33. The lowest BCUT2D eigenvalue weighted by Crippen LogP contribution is -2.12. The Balaban J connectivity index is 3.11. The van der Waals surface area contributed by atoms with Gasteiger partial charge in [-0.2, -0.15) is 0 Å². The third-order valence-electron chi connectivity index (χ3n) is 2.33. The molecule has 0 bridgehead atoms. The number of phenols is 1. The molecule has 3 nitrogen and oxygen atoms in total. The van der Waals surface area contributed by atoms with Crippen LogP contribution in [0, 0.1) is 6.92 Å². The fraction of sp³-hybridized carbons (Fsp3) is 0.455. The van der Waals surface area contributed by atoms with E-state index in [1.165, 1.54) is 0 Å². The zero-order valence-corrected chi connectivity index (χ0v) is 8.91. The van der Waals surface area contributed by atoms with Crippen LogP contribution in [0.2, 0.25) is 0 Å². The molecule has 3 heteroatoms. The van der Waals surface area contributed by atoms with Gasteiger partial charge in [-0.1, -0.05) is 6.07 Å². The van der Waals surface area contributed by atoms with Crippen molar-refractivity contribution in [3.05, 3.63) is 28.8 Å². The van der Waals surface area contributed by atoms with Crippen LogP contribution in [-0.4, -0.2) is 29.2 Å². The van der Waals surface area contributed by atoms with E-state index in [9.17, 15) is 5.11 Å². The number of aliphatic hydroxyl groups is 1. The number of hydrogen-bond acceptors (Lipinski definition) is 3. The van der Waals surface area contributed by atoms with E-state index < -0.39 is 0 Å². The fourth-order valence-electron chi connectivity index (χ4n) is 1.48. The van der Waals surface area contributed by atoms with Crippen molar-refractivity contribution in [3.8, 4) is 5.75 Å². The van der Waals surface area contributed by atoms with Gasteiger partial charge in [0.05, 0.1) is 6.61 Å². The SMILES string of the molecule is Cc1c(CO)ccc(O)c1CN(C)C. The summed E-state index contributed by atoms with van der Waals surface area (Å²) < 4.78 is 0. The van der Waals surface area contributed by atoms with Gasteiger partial charge in [-0.15, -0.1) is 0 Å². The molecule has 1 rings (SSSR count). The summed E-state index contributed by atoms with van der Waals surface area (Å²) in [6.45, 7) is 2.63. The smallest absolute Gasteiger partial charge is 0.120 e. The minimum atomic E-state index is 0.0204. The number of nitrogens with zero attached hydrogens (tertiary/aromatic N) is 1. The van der Waals surface area contributed by atoms with Crippen LogP contribution in [0.3, 0.4) is 0 Å². The molecule has 0 aliphatic heterocycles. The topological polar surface area (TPSA) is 43.7 Å². The van der Waals surface area contributed by atoms with Crippen molar-refractivity contribution >= 4 is 0 Å². The molecule has 0 amide bonds. The third kappa shape index (κ3) is 2.25. The maximum Gasteiger partial charge on any atom is 0.120 e. The Hall–Kier alpha value is -1.06. The Morgan fingerprint density at radius 2 is 1.93 bits per heavy atom. The van der Waals surface area contributed by atoms with Crippen LogP contribution in [0.15, 0.2) is 12.1 Å². The maximum absolute atomic E-state index is 9.65. The Labute approximate surface area is 84.6 Å². The normalized spacial score (nSPS) is 10.9. The van der Waals surface area contributed by atoms with E-state index in [4.69, 9.17) is 5.11 Å². The summed E-state index contributed by atoms with van der Waals surface area (Å²) in [6, 6.07) is 3.39. The van der Waals surface area contributed by atoms with Gasteiger partial charge < -0.3 is 15.1 Å². The van der Waals surface area contributed by atoms with Gasteiger partial charge in [0.2, 0.25) is 0 Å². The molecule has 0 atom stereocenters. The second-order valence-corrected chi connectivity index (χ2v) is 3.74.